The van der Waals surface area contributed by atoms with E-state index in [9.17, 15) is 28.0 Å². The zero-order chi connectivity index (χ0) is 26.9. The fourth-order valence-corrected chi connectivity index (χ4v) is 5.87. The summed E-state index contributed by atoms with van der Waals surface area (Å²) in [5.41, 5.74) is 4.18. The van der Waals surface area contributed by atoms with E-state index >= 15 is 0 Å². The van der Waals surface area contributed by atoms with Crippen molar-refractivity contribution in [3.8, 4) is 0 Å². The lowest BCUT2D eigenvalue weighted by molar-refractivity contribution is -0.142. The molecule has 36 heavy (non-hydrogen) atoms. The zero-order valence-corrected chi connectivity index (χ0v) is 21.3. The van der Waals surface area contributed by atoms with Gasteiger partial charge >= 0.3 is 0 Å². The van der Waals surface area contributed by atoms with Crippen molar-refractivity contribution >= 4 is 33.6 Å². The van der Waals surface area contributed by atoms with Gasteiger partial charge in [0, 0.05) is 25.1 Å². The van der Waals surface area contributed by atoms with Crippen LogP contribution >= 0.6 is 0 Å². The Morgan fingerprint density at radius 3 is 2.36 bits per heavy atom. The molecule has 2 amide bonds. The molecule has 0 spiro atoms. The molecule has 0 radical (unpaired) electrons. The van der Waals surface area contributed by atoms with Crippen LogP contribution in [0.25, 0.3) is 6.08 Å². The van der Waals surface area contributed by atoms with Crippen LogP contribution in [0.15, 0.2) is 55.1 Å². The topological polar surface area (TPSA) is 173 Å². The Morgan fingerprint density at radius 2 is 1.86 bits per heavy atom. The average Bonchev–Trinajstić information content (AvgIpc) is 3.38. The maximum atomic E-state index is 13.5. The predicted molar refractivity (Wildman–Crippen MR) is 134 cm³/mol. The molecular formula is C24H33N5O6S. The molecule has 0 saturated carbocycles. The minimum atomic E-state index is -4.19. The molecule has 12 heteroatoms. The van der Waals surface area contributed by atoms with Crippen molar-refractivity contribution in [3.05, 3.63) is 60.7 Å². The minimum Gasteiger partial charge on any atom is -0.294 e. The highest BCUT2D eigenvalue weighted by atomic mass is 32.2. The van der Waals surface area contributed by atoms with Crippen molar-refractivity contribution in [2.75, 3.05) is 6.26 Å². The average molecular weight is 520 g/mol. The number of carbonyl (C=O) groups is 3. The van der Waals surface area contributed by atoms with Gasteiger partial charge in [0.1, 0.15) is 11.1 Å². The maximum absolute atomic E-state index is 13.5. The number of hydrazine groups is 1. The summed E-state index contributed by atoms with van der Waals surface area (Å²) in [4.78, 5) is 42.7. The molecule has 1 aromatic carbocycles. The van der Waals surface area contributed by atoms with Crippen molar-refractivity contribution in [1.29, 1.82) is 0 Å². The summed E-state index contributed by atoms with van der Waals surface area (Å²) in [6.07, 6.45) is 7.35. The summed E-state index contributed by atoms with van der Waals surface area (Å²) < 4.78 is 26.2. The standard InChI is InChI=1S/C24H33N5O6S/c1-17(2)15-19(22(31)27-25)21(23(32)28-33)24(36(3,34)35,11-9-18-7-5-4-6-8-18)12-10-20(30)29-14-13-26-16-29/h4-9,11,13-14,16-17,19,21,33H,10,12,15,25H2,1-3H3,(H,27,31)(H,28,32)/t19-,21+,24?/m1/s1. The SMILES string of the molecule is CC(C)C[C@@H](C(=O)NN)[C@@H](C(=O)NO)C(C=Cc1ccccc1)(CCC(=O)n1ccnc1)S(C)(=O)=O. The predicted octanol–water partition coefficient (Wildman–Crippen LogP) is 1.57. The summed E-state index contributed by atoms with van der Waals surface area (Å²) in [6, 6.07) is 8.77. The van der Waals surface area contributed by atoms with E-state index < -0.39 is 44.1 Å². The third kappa shape index (κ3) is 6.86. The Hall–Kier alpha value is -3.35. The number of hydrogen-bond acceptors (Lipinski definition) is 8. The van der Waals surface area contributed by atoms with Gasteiger partial charge in [-0.1, -0.05) is 56.3 Å². The summed E-state index contributed by atoms with van der Waals surface area (Å²) in [5.74, 6) is 0.120. The first-order chi connectivity index (χ1) is 17.0. The molecule has 0 fully saturated rings. The number of benzene rings is 1. The highest BCUT2D eigenvalue weighted by Gasteiger charge is 2.54. The fourth-order valence-electron chi connectivity index (χ4n) is 4.35. The van der Waals surface area contributed by atoms with E-state index in [2.05, 4.69) is 4.98 Å². The molecule has 1 heterocycles. The van der Waals surface area contributed by atoms with Gasteiger partial charge in [0.15, 0.2) is 9.84 Å². The van der Waals surface area contributed by atoms with E-state index in [-0.39, 0.29) is 25.2 Å². The van der Waals surface area contributed by atoms with E-state index in [1.807, 2.05) is 5.43 Å². The first-order valence-corrected chi connectivity index (χ1v) is 13.3. The van der Waals surface area contributed by atoms with Gasteiger partial charge in [-0.25, -0.2) is 24.7 Å². The molecule has 196 valence electrons. The van der Waals surface area contributed by atoms with Gasteiger partial charge < -0.3 is 0 Å². The number of nitrogens with zero attached hydrogens (tertiary/aromatic N) is 2. The normalized spacial score (nSPS) is 15.3. The van der Waals surface area contributed by atoms with E-state index in [1.165, 1.54) is 40.9 Å². The van der Waals surface area contributed by atoms with Crippen LogP contribution in [-0.4, -0.2) is 51.9 Å². The van der Waals surface area contributed by atoms with Crippen LogP contribution in [0.3, 0.4) is 0 Å². The van der Waals surface area contributed by atoms with Gasteiger partial charge in [-0.15, -0.1) is 0 Å². The number of hydroxylamine groups is 1. The van der Waals surface area contributed by atoms with Crippen molar-refractivity contribution in [3.63, 3.8) is 0 Å². The lowest BCUT2D eigenvalue weighted by Gasteiger charge is -2.39. The molecule has 1 aromatic heterocycles. The van der Waals surface area contributed by atoms with Crippen molar-refractivity contribution < 1.29 is 28.0 Å². The highest BCUT2D eigenvalue weighted by Crippen LogP contribution is 2.41. The highest BCUT2D eigenvalue weighted by molar-refractivity contribution is 7.92. The number of nitrogens with one attached hydrogen (secondary N) is 2. The molecule has 11 nitrogen and oxygen atoms in total. The summed E-state index contributed by atoms with van der Waals surface area (Å²) in [5, 5.41) is 9.62. The summed E-state index contributed by atoms with van der Waals surface area (Å²) in [7, 11) is -4.19. The molecule has 2 aromatic rings. The van der Waals surface area contributed by atoms with E-state index in [0.717, 1.165) is 6.26 Å². The molecule has 1 unspecified atom stereocenters. The molecule has 2 rings (SSSR count). The van der Waals surface area contributed by atoms with Crippen molar-refractivity contribution in [1.82, 2.24) is 20.5 Å². The third-order valence-electron chi connectivity index (χ3n) is 6.10. The molecule has 0 aliphatic carbocycles. The molecule has 0 aliphatic rings. The second kappa shape index (κ2) is 12.6. The van der Waals surface area contributed by atoms with Gasteiger partial charge in [0.2, 0.25) is 17.7 Å². The largest absolute Gasteiger partial charge is 0.294 e. The van der Waals surface area contributed by atoms with Gasteiger partial charge in [-0.2, -0.15) is 0 Å². The van der Waals surface area contributed by atoms with Crippen molar-refractivity contribution in [2.24, 2.45) is 23.6 Å². The molecule has 5 N–H and O–H groups in total. The second-order valence-electron chi connectivity index (χ2n) is 9.03. The fraction of sp³-hybridized carbons (Fsp3) is 0.417. The summed E-state index contributed by atoms with van der Waals surface area (Å²) >= 11 is 0. The first-order valence-electron chi connectivity index (χ1n) is 11.4. The molecular weight excluding hydrogens is 486 g/mol. The first kappa shape index (κ1) is 28.9. The van der Waals surface area contributed by atoms with Crippen LogP contribution in [0.5, 0.6) is 0 Å². The second-order valence-corrected chi connectivity index (χ2v) is 11.3. The van der Waals surface area contributed by atoms with Crippen molar-refractivity contribution in [2.45, 2.75) is 37.9 Å². The van der Waals surface area contributed by atoms with E-state index in [0.29, 0.717) is 5.56 Å². The minimum absolute atomic E-state index is 0.0903. The molecule has 0 bridgehead atoms. The number of aromatic nitrogens is 2. The van der Waals surface area contributed by atoms with E-state index in [4.69, 9.17) is 5.84 Å². The lowest BCUT2D eigenvalue weighted by atomic mass is 9.73. The van der Waals surface area contributed by atoms with Crippen LogP contribution in [0.4, 0.5) is 0 Å². The number of nitrogens with two attached hydrogens (primary N) is 1. The lowest BCUT2D eigenvalue weighted by Crippen LogP contribution is -2.57. The number of rotatable bonds is 12. The van der Waals surface area contributed by atoms with Crippen LogP contribution in [0, 0.1) is 17.8 Å². The maximum Gasteiger partial charge on any atom is 0.249 e. The molecule has 0 aliphatic heterocycles. The molecule has 3 atom stereocenters. The quantitative estimate of drug-likeness (QED) is 0.141. The Bertz CT molecular complexity index is 1160. The van der Waals surface area contributed by atoms with Gasteiger partial charge in [0.25, 0.3) is 0 Å². The number of sulfone groups is 1. The number of amides is 2. The summed E-state index contributed by atoms with van der Waals surface area (Å²) in [6.45, 7) is 3.60. The van der Waals surface area contributed by atoms with Crippen LogP contribution < -0.4 is 16.7 Å². The number of hydrogen-bond donors (Lipinski definition) is 4. The number of carbonyl (C=O) groups excluding carboxylic acids is 3. The van der Waals surface area contributed by atoms with Gasteiger partial charge in [-0.05, 0) is 24.3 Å². The van der Waals surface area contributed by atoms with Crippen LogP contribution in [-0.2, 0) is 19.4 Å². The smallest absolute Gasteiger partial charge is 0.249 e. The van der Waals surface area contributed by atoms with E-state index in [1.54, 1.807) is 44.2 Å². The van der Waals surface area contributed by atoms with Gasteiger partial charge in [-0.3, -0.25) is 29.6 Å². The zero-order valence-electron chi connectivity index (χ0n) is 20.5. The van der Waals surface area contributed by atoms with Gasteiger partial charge in [0.05, 0.1) is 11.8 Å². The third-order valence-corrected chi connectivity index (χ3v) is 8.07. The Labute approximate surface area is 210 Å². The monoisotopic (exact) mass is 519 g/mol. The van der Waals surface area contributed by atoms with Crippen LogP contribution in [0.2, 0.25) is 0 Å². The Kier molecular flexibility index (Phi) is 10.1. The molecule has 0 saturated heterocycles. The number of imidazole rings is 1. The Morgan fingerprint density at radius 1 is 1.19 bits per heavy atom. The Balaban J connectivity index is 2.76. The van der Waals surface area contributed by atoms with Crippen LogP contribution in [0.1, 0.15) is 43.5 Å².